The summed E-state index contributed by atoms with van der Waals surface area (Å²) in [6.45, 7) is 5.58. The highest BCUT2D eigenvalue weighted by atomic mass is 32.2. The van der Waals surface area contributed by atoms with Crippen LogP contribution in [0.5, 0.6) is 0 Å². The maximum atomic E-state index is 12.0. The number of carboxylic acid groups (broad SMARTS) is 1. The van der Waals surface area contributed by atoms with Crippen LogP contribution in [0.1, 0.15) is 39.7 Å². The molecule has 1 unspecified atom stereocenters. The lowest BCUT2D eigenvalue weighted by Gasteiger charge is -2.26. The minimum absolute atomic E-state index is 0.0308. The van der Waals surface area contributed by atoms with Gasteiger partial charge in [-0.1, -0.05) is 11.8 Å². The van der Waals surface area contributed by atoms with Crippen molar-refractivity contribution in [1.82, 2.24) is 20.1 Å². The predicted molar refractivity (Wildman–Crippen MR) is 78.0 cm³/mol. The van der Waals surface area contributed by atoms with Crippen molar-refractivity contribution in [3.8, 4) is 0 Å². The summed E-state index contributed by atoms with van der Waals surface area (Å²) in [7, 11) is 0. The highest BCUT2D eigenvalue weighted by Gasteiger charge is 2.48. The molecule has 0 aromatic carbocycles. The number of aromatic nitrogens is 3. The topological polar surface area (TPSA) is 97.1 Å². The fourth-order valence-corrected chi connectivity index (χ4v) is 2.98. The van der Waals surface area contributed by atoms with E-state index in [1.807, 2.05) is 18.4 Å². The number of thioether (sulfide) groups is 1. The first-order valence-corrected chi connectivity index (χ1v) is 7.90. The molecular formula is C13H20N4O3S. The number of hydrogen-bond acceptors (Lipinski definition) is 5. The van der Waals surface area contributed by atoms with Crippen LogP contribution in [0.25, 0.3) is 0 Å². The van der Waals surface area contributed by atoms with E-state index in [1.165, 1.54) is 11.8 Å². The predicted octanol–water partition coefficient (Wildman–Crippen LogP) is 1.32. The highest BCUT2D eigenvalue weighted by molar-refractivity contribution is 7.99. The number of aliphatic carboxylic acids is 1. The minimum Gasteiger partial charge on any atom is -0.480 e. The van der Waals surface area contributed by atoms with Gasteiger partial charge in [0, 0.05) is 6.04 Å². The van der Waals surface area contributed by atoms with Crippen molar-refractivity contribution in [2.75, 3.05) is 5.75 Å². The second-order valence-corrected chi connectivity index (χ2v) is 6.68. The Morgan fingerprint density at radius 3 is 2.76 bits per heavy atom. The maximum absolute atomic E-state index is 12.0. The Morgan fingerprint density at radius 2 is 2.24 bits per heavy atom. The molecule has 0 saturated heterocycles. The summed E-state index contributed by atoms with van der Waals surface area (Å²) in [5, 5.41) is 20.4. The first kappa shape index (κ1) is 15.8. The molecule has 116 valence electrons. The van der Waals surface area contributed by atoms with E-state index in [1.54, 1.807) is 13.3 Å². The fraction of sp³-hybridized carbons (Fsp3) is 0.692. The molecule has 7 nitrogen and oxygen atoms in total. The van der Waals surface area contributed by atoms with Crippen LogP contribution in [0.15, 0.2) is 11.5 Å². The van der Waals surface area contributed by atoms with Gasteiger partial charge in [0.15, 0.2) is 5.16 Å². The summed E-state index contributed by atoms with van der Waals surface area (Å²) < 4.78 is 1.87. The number of carbonyl (C=O) groups excluding carboxylic acids is 1. The van der Waals surface area contributed by atoms with Gasteiger partial charge < -0.3 is 15.0 Å². The number of rotatable bonds is 7. The van der Waals surface area contributed by atoms with Gasteiger partial charge in [0.05, 0.1) is 5.75 Å². The molecule has 2 N–H and O–H groups in total. The average molecular weight is 312 g/mol. The zero-order chi connectivity index (χ0) is 15.6. The summed E-state index contributed by atoms with van der Waals surface area (Å²) >= 11 is 1.26. The molecule has 1 aromatic heterocycles. The second kappa shape index (κ2) is 6.05. The lowest BCUT2D eigenvalue weighted by Crippen LogP contribution is -2.54. The zero-order valence-corrected chi connectivity index (χ0v) is 13.2. The minimum atomic E-state index is -1.16. The van der Waals surface area contributed by atoms with Crippen molar-refractivity contribution in [2.45, 2.75) is 50.4 Å². The van der Waals surface area contributed by atoms with E-state index in [9.17, 15) is 14.7 Å². The van der Waals surface area contributed by atoms with Crippen molar-refractivity contribution in [2.24, 2.45) is 5.92 Å². The summed E-state index contributed by atoms with van der Waals surface area (Å²) in [5.41, 5.74) is -1.16. The van der Waals surface area contributed by atoms with Gasteiger partial charge in [-0.2, -0.15) is 0 Å². The van der Waals surface area contributed by atoms with Crippen LogP contribution in [0.4, 0.5) is 0 Å². The molecular weight excluding hydrogens is 292 g/mol. The third-order valence-electron chi connectivity index (χ3n) is 3.67. The molecule has 0 bridgehead atoms. The van der Waals surface area contributed by atoms with Crippen LogP contribution in [0, 0.1) is 5.92 Å². The SMILES string of the molecule is CC(C)n1cnnc1SCC(=O)NC(C)(C(=O)O)C1CC1. The quantitative estimate of drug-likeness (QED) is 0.737. The molecule has 1 heterocycles. The van der Waals surface area contributed by atoms with Crippen LogP contribution in [-0.4, -0.2) is 43.0 Å². The van der Waals surface area contributed by atoms with Gasteiger partial charge in [-0.05, 0) is 39.5 Å². The summed E-state index contributed by atoms with van der Waals surface area (Å²) in [6, 6.07) is 0.210. The van der Waals surface area contributed by atoms with E-state index in [4.69, 9.17) is 0 Å². The molecule has 0 spiro atoms. The van der Waals surface area contributed by atoms with Gasteiger partial charge in [-0.15, -0.1) is 10.2 Å². The van der Waals surface area contributed by atoms with Crippen LogP contribution in [0.3, 0.4) is 0 Å². The Morgan fingerprint density at radius 1 is 1.57 bits per heavy atom. The number of nitrogens with one attached hydrogen (secondary N) is 1. The van der Waals surface area contributed by atoms with E-state index < -0.39 is 11.5 Å². The van der Waals surface area contributed by atoms with E-state index >= 15 is 0 Å². The first-order valence-electron chi connectivity index (χ1n) is 6.91. The average Bonchev–Trinajstić information content (AvgIpc) is 3.15. The molecule has 0 aliphatic heterocycles. The molecule has 1 aliphatic rings. The molecule has 1 aliphatic carbocycles. The Kier molecular flexibility index (Phi) is 4.55. The number of hydrogen-bond donors (Lipinski definition) is 2. The Balaban J connectivity index is 1.93. The molecule has 8 heteroatoms. The van der Waals surface area contributed by atoms with Gasteiger partial charge in [-0.3, -0.25) is 4.79 Å². The molecule has 21 heavy (non-hydrogen) atoms. The van der Waals surface area contributed by atoms with E-state index in [2.05, 4.69) is 15.5 Å². The lowest BCUT2D eigenvalue weighted by atomic mass is 9.96. The van der Waals surface area contributed by atoms with Gasteiger partial charge in [-0.25, -0.2) is 4.79 Å². The Hall–Kier alpha value is -1.57. The molecule has 1 fully saturated rings. The van der Waals surface area contributed by atoms with E-state index in [0.29, 0.717) is 5.16 Å². The summed E-state index contributed by atoms with van der Waals surface area (Å²) in [5.74, 6) is -1.12. The van der Waals surface area contributed by atoms with Gasteiger partial charge >= 0.3 is 5.97 Å². The molecule has 1 atom stereocenters. The van der Waals surface area contributed by atoms with Gasteiger partial charge in [0.1, 0.15) is 11.9 Å². The molecule has 1 saturated carbocycles. The van der Waals surface area contributed by atoms with E-state index in [0.717, 1.165) is 12.8 Å². The van der Waals surface area contributed by atoms with Crippen molar-refractivity contribution in [3.05, 3.63) is 6.33 Å². The van der Waals surface area contributed by atoms with Gasteiger partial charge in [0.25, 0.3) is 0 Å². The Labute approximate surface area is 127 Å². The van der Waals surface area contributed by atoms with Crippen LogP contribution in [0.2, 0.25) is 0 Å². The number of carboxylic acids is 1. The second-order valence-electron chi connectivity index (χ2n) is 5.73. The zero-order valence-electron chi connectivity index (χ0n) is 12.4. The largest absolute Gasteiger partial charge is 0.480 e. The fourth-order valence-electron chi connectivity index (χ4n) is 2.14. The van der Waals surface area contributed by atoms with Gasteiger partial charge in [0.2, 0.25) is 5.91 Å². The number of amides is 1. The third kappa shape index (κ3) is 3.55. The lowest BCUT2D eigenvalue weighted by molar-refractivity contribution is -0.147. The first-order chi connectivity index (χ1) is 9.84. The maximum Gasteiger partial charge on any atom is 0.329 e. The van der Waals surface area contributed by atoms with Crippen LogP contribution < -0.4 is 5.32 Å². The van der Waals surface area contributed by atoms with Crippen molar-refractivity contribution in [3.63, 3.8) is 0 Å². The van der Waals surface area contributed by atoms with Crippen molar-refractivity contribution < 1.29 is 14.7 Å². The Bertz CT molecular complexity index is 541. The molecule has 2 rings (SSSR count). The normalized spacial score (nSPS) is 17.5. The molecule has 0 radical (unpaired) electrons. The molecule has 1 amide bonds. The number of carbonyl (C=O) groups is 2. The summed E-state index contributed by atoms with van der Waals surface area (Å²) in [6.07, 6.45) is 3.31. The monoisotopic (exact) mass is 312 g/mol. The van der Waals surface area contributed by atoms with Crippen molar-refractivity contribution >= 4 is 23.6 Å². The van der Waals surface area contributed by atoms with Crippen molar-refractivity contribution in [1.29, 1.82) is 0 Å². The standard InChI is InChI=1S/C13H20N4O3S/c1-8(2)17-7-14-16-12(17)21-6-10(18)15-13(3,11(19)20)9-4-5-9/h7-9H,4-6H2,1-3H3,(H,15,18)(H,19,20). The smallest absolute Gasteiger partial charge is 0.329 e. The highest BCUT2D eigenvalue weighted by Crippen LogP contribution is 2.39. The number of nitrogens with zero attached hydrogens (tertiary/aromatic N) is 3. The van der Waals surface area contributed by atoms with E-state index in [-0.39, 0.29) is 23.6 Å². The van der Waals surface area contributed by atoms with Crippen LogP contribution in [-0.2, 0) is 9.59 Å². The van der Waals surface area contributed by atoms with Crippen LogP contribution >= 0.6 is 11.8 Å². The molecule has 1 aromatic rings. The third-order valence-corrected chi connectivity index (χ3v) is 4.62. The summed E-state index contributed by atoms with van der Waals surface area (Å²) in [4.78, 5) is 23.4.